The summed E-state index contributed by atoms with van der Waals surface area (Å²) in [5.74, 6) is -1.64. The van der Waals surface area contributed by atoms with Crippen LogP contribution in [0.3, 0.4) is 0 Å². The molecule has 3 aromatic rings. The number of rotatable bonds is 6. The van der Waals surface area contributed by atoms with Gasteiger partial charge in [0.1, 0.15) is 5.75 Å². The number of halogens is 2. The molecule has 0 unspecified atom stereocenters. The number of aryl methyl sites for hydroxylation is 1. The Morgan fingerprint density at radius 2 is 1.86 bits per heavy atom. The fraction of sp³-hybridized carbons (Fsp3) is 0.211. The lowest BCUT2D eigenvalue weighted by Gasteiger charge is -2.10. The van der Waals surface area contributed by atoms with Gasteiger partial charge in [-0.3, -0.25) is 9.40 Å². The van der Waals surface area contributed by atoms with Crippen molar-refractivity contribution >= 4 is 15.7 Å². The smallest absolute Gasteiger partial charge is 0.262 e. The van der Waals surface area contributed by atoms with E-state index < -0.39 is 21.7 Å². The summed E-state index contributed by atoms with van der Waals surface area (Å²) in [6.07, 6.45) is 0. The Hall–Kier alpha value is -2.94. The summed E-state index contributed by atoms with van der Waals surface area (Å²) >= 11 is 0. The van der Waals surface area contributed by atoms with E-state index in [1.54, 1.807) is 25.6 Å². The molecule has 0 bridgehead atoms. The number of nitrogens with zero attached hydrogens (tertiary/aromatic N) is 2. The van der Waals surface area contributed by atoms with Gasteiger partial charge in [-0.25, -0.2) is 17.2 Å². The van der Waals surface area contributed by atoms with Crippen LogP contribution in [0.1, 0.15) is 17.0 Å². The van der Waals surface area contributed by atoms with Gasteiger partial charge in [0, 0.05) is 0 Å². The second kappa shape index (κ2) is 7.59. The SMILES string of the molecule is COc1cccc(Cn2nc(C)c(NS(=O)(=O)c3ccc(F)c(F)c3)c2C)c1. The van der Waals surface area contributed by atoms with Crippen molar-refractivity contribution in [2.24, 2.45) is 0 Å². The summed E-state index contributed by atoms with van der Waals surface area (Å²) < 4.78 is 60.9. The summed E-state index contributed by atoms with van der Waals surface area (Å²) in [4.78, 5) is -0.370. The molecule has 0 radical (unpaired) electrons. The first-order chi connectivity index (χ1) is 13.2. The maximum absolute atomic E-state index is 13.4. The molecule has 0 saturated carbocycles. The predicted octanol–water partition coefficient (Wildman–Crippen LogP) is 3.64. The third kappa shape index (κ3) is 3.99. The van der Waals surface area contributed by atoms with Crippen LogP contribution < -0.4 is 9.46 Å². The van der Waals surface area contributed by atoms with Crippen molar-refractivity contribution in [3.63, 3.8) is 0 Å². The summed E-state index contributed by atoms with van der Waals surface area (Å²) in [6, 6.07) is 9.87. The number of aromatic nitrogens is 2. The van der Waals surface area contributed by atoms with Crippen molar-refractivity contribution in [1.82, 2.24) is 9.78 Å². The number of benzene rings is 2. The maximum Gasteiger partial charge on any atom is 0.262 e. The highest BCUT2D eigenvalue weighted by atomic mass is 32.2. The van der Waals surface area contributed by atoms with E-state index in [9.17, 15) is 17.2 Å². The lowest BCUT2D eigenvalue weighted by molar-refractivity contribution is 0.414. The van der Waals surface area contributed by atoms with Crippen LogP contribution in [0.25, 0.3) is 0 Å². The molecular weight excluding hydrogens is 388 g/mol. The van der Waals surface area contributed by atoms with E-state index in [1.807, 2.05) is 24.3 Å². The fourth-order valence-electron chi connectivity index (χ4n) is 2.78. The van der Waals surface area contributed by atoms with E-state index in [4.69, 9.17) is 4.74 Å². The van der Waals surface area contributed by atoms with Gasteiger partial charge < -0.3 is 4.74 Å². The van der Waals surface area contributed by atoms with Crippen LogP contribution in [0.5, 0.6) is 5.75 Å². The van der Waals surface area contributed by atoms with Gasteiger partial charge in [0.05, 0.1) is 35.6 Å². The first-order valence-corrected chi connectivity index (χ1v) is 9.84. The molecule has 9 heteroatoms. The van der Waals surface area contributed by atoms with Crippen LogP contribution in [0, 0.1) is 25.5 Å². The van der Waals surface area contributed by atoms with E-state index in [0.717, 1.165) is 17.7 Å². The summed E-state index contributed by atoms with van der Waals surface area (Å²) in [5.41, 5.74) is 2.28. The first-order valence-electron chi connectivity index (χ1n) is 8.36. The Morgan fingerprint density at radius 3 is 2.54 bits per heavy atom. The third-order valence-electron chi connectivity index (χ3n) is 4.29. The standard InChI is InChI=1S/C19H19F2N3O3S/c1-12-19(23-28(25,26)16-7-8-17(20)18(21)10-16)13(2)24(22-12)11-14-5-4-6-15(9-14)27-3/h4-10,23H,11H2,1-3H3. The van der Waals surface area contributed by atoms with E-state index in [0.29, 0.717) is 35.4 Å². The number of ether oxygens (including phenoxy) is 1. The summed E-state index contributed by atoms with van der Waals surface area (Å²) in [7, 11) is -2.52. The molecule has 1 N–H and O–H groups in total. The molecular formula is C19H19F2N3O3S. The number of hydrogen-bond acceptors (Lipinski definition) is 4. The topological polar surface area (TPSA) is 73.2 Å². The van der Waals surface area contributed by atoms with Gasteiger partial charge >= 0.3 is 0 Å². The Morgan fingerprint density at radius 1 is 1.11 bits per heavy atom. The molecule has 0 saturated heterocycles. The van der Waals surface area contributed by atoms with Gasteiger partial charge in [-0.2, -0.15) is 5.10 Å². The molecule has 2 aromatic carbocycles. The highest BCUT2D eigenvalue weighted by Gasteiger charge is 2.21. The van der Waals surface area contributed by atoms with Crippen molar-refractivity contribution in [2.75, 3.05) is 11.8 Å². The molecule has 6 nitrogen and oxygen atoms in total. The number of anilines is 1. The molecule has 0 amide bonds. The van der Waals surface area contributed by atoms with E-state index >= 15 is 0 Å². The van der Waals surface area contributed by atoms with Gasteiger partial charge in [-0.05, 0) is 49.7 Å². The number of sulfonamides is 1. The van der Waals surface area contributed by atoms with Gasteiger partial charge in [-0.1, -0.05) is 12.1 Å². The molecule has 0 aliphatic rings. The average molecular weight is 407 g/mol. The Labute approximate surface area is 161 Å². The Balaban J connectivity index is 1.90. The first kappa shape index (κ1) is 19.8. The highest BCUT2D eigenvalue weighted by Crippen LogP contribution is 2.25. The molecule has 3 rings (SSSR count). The minimum Gasteiger partial charge on any atom is -0.497 e. The molecule has 0 aliphatic heterocycles. The van der Waals surface area contributed by atoms with Crippen LogP contribution >= 0.6 is 0 Å². The summed E-state index contributed by atoms with van der Waals surface area (Å²) in [5, 5.41) is 4.39. The number of hydrogen-bond donors (Lipinski definition) is 1. The fourth-order valence-corrected chi connectivity index (χ4v) is 3.97. The van der Waals surface area contributed by atoms with E-state index in [-0.39, 0.29) is 4.90 Å². The zero-order valence-electron chi connectivity index (χ0n) is 15.5. The quantitative estimate of drug-likeness (QED) is 0.677. The zero-order valence-corrected chi connectivity index (χ0v) is 16.3. The van der Waals surface area contributed by atoms with E-state index in [2.05, 4.69) is 9.82 Å². The van der Waals surface area contributed by atoms with Crippen LogP contribution in [0.15, 0.2) is 47.4 Å². The lowest BCUT2D eigenvalue weighted by atomic mass is 10.2. The van der Waals surface area contributed by atoms with Crippen LogP contribution in [-0.2, 0) is 16.6 Å². The lowest BCUT2D eigenvalue weighted by Crippen LogP contribution is -2.15. The molecule has 28 heavy (non-hydrogen) atoms. The second-order valence-corrected chi connectivity index (χ2v) is 7.92. The van der Waals surface area contributed by atoms with Gasteiger partial charge in [0.25, 0.3) is 10.0 Å². The van der Waals surface area contributed by atoms with Crippen LogP contribution in [-0.4, -0.2) is 25.3 Å². The van der Waals surface area contributed by atoms with Gasteiger partial charge in [-0.15, -0.1) is 0 Å². The minimum atomic E-state index is -4.10. The Bertz CT molecular complexity index is 1130. The molecule has 148 valence electrons. The number of nitrogens with one attached hydrogen (secondary N) is 1. The normalized spacial score (nSPS) is 11.5. The van der Waals surface area contributed by atoms with Crippen molar-refractivity contribution < 1.29 is 21.9 Å². The minimum absolute atomic E-state index is 0.299. The molecule has 0 atom stereocenters. The van der Waals surface area contributed by atoms with Crippen molar-refractivity contribution in [3.05, 3.63) is 71.1 Å². The van der Waals surface area contributed by atoms with Crippen molar-refractivity contribution in [2.45, 2.75) is 25.3 Å². The predicted molar refractivity (Wildman–Crippen MR) is 101 cm³/mol. The van der Waals surface area contributed by atoms with Crippen molar-refractivity contribution in [3.8, 4) is 5.75 Å². The van der Waals surface area contributed by atoms with Gasteiger partial charge in [0.15, 0.2) is 11.6 Å². The monoisotopic (exact) mass is 407 g/mol. The van der Waals surface area contributed by atoms with Crippen molar-refractivity contribution in [1.29, 1.82) is 0 Å². The molecule has 0 aliphatic carbocycles. The summed E-state index contributed by atoms with van der Waals surface area (Å²) in [6.45, 7) is 3.80. The maximum atomic E-state index is 13.4. The van der Waals surface area contributed by atoms with Crippen LogP contribution in [0.4, 0.5) is 14.5 Å². The average Bonchev–Trinajstić information content (AvgIpc) is 2.91. The zero-order chi connectivity index (χ0) is 20.5. The van der Waals surface area contributed by atoms with Gasteiger partial charge in [0.2, 0.25) is 0 Å². The largest absolute Gasteiger partial charge is 0.497 e. The number of methoxy groups -OCH3 is 1. The molecule has 1 heterocycles. The van der Waals surface area contributed by atoms with E-state index in [1.165, 1.54) is 0 Å². The molecule has 0 spiro atoms. The third-order valence-corrected chi connectivity index (χ3v) is 5.63. The highest BCUT2D eigenvalue weighted by molar-refractivity contribution is 7.92. The Kier molecular flexibility index (Phi) is 5.37. The van der Waals surface area contributed by atoms with Crippen LogP contribution in [0.2, 0.25) is 0 Å². The molecule has 0 fully saturated rings. The molecule has 1 aromatic heterocycles. The second-order valence-electron chi connectivity index (χ2n) is 6.24.